The summed E-state index contributed by atoms with van der Waals surface area (Å²) in [7, 11) is 3.21. The molecule has 6 nitrogen and oxygen atoms in total. The summed E-state index contributed by atoms with van der Waals surface area (Å²) in [4.78, 5) is 15.1. The predicted octanol–water partition coefficient (Wildman–Crippen LogP) is 3.85. The molecule has 0 unspecified atom stereocenters. The van der Waals surface area contributed by atoms with Crippen LogP contribution in [0.3, 0.4) is 0 Å². The van der Waals surface area contributed by atoms with E-state index in [1.165, 1.54) is 0 Å². The lowest BCUT2D eigenvalue weighted by molar-refractivity contribution is 0.0793. The summed E-state index contributed by atoms with van der Waals surface area (Å²) in [5, 5.41) is 4.77. The van der Waals surface area contributed by atoms with Gasteiger partial charge in [0, 0.05) is 24.8 Å². The number of methoxy groups -OCH3 is 2. The Morgan fingerprint density at radius 3 is 2.41 bits per heavy atom. The van der Waals surface area contributed by atoms with Crippen LogP contribution in [-0.4, -0.2) is 47.9 Å². The van der Waals surface area contributed by atoms with Crippen LogP contribution in [0, 0.1) is 0 Å². The van der Waals surface area contributed by atoms with Gasteiger partial charge in [0.05, 0.1) is 26.3 Å². The van der Waals surface area contributed by atoms with Crippen LogP contribution in [0.4, 0.5) is 0 Å². The number of hydrogen-bond donors (Lipinski definition) is 0. The number of benzene rings is 2. The van der Waals surface area contributed by atoms with Crippen LogP contribution in [0.25, 0.3) is 11.3 Å². The van der Waals surface area contributed by atoms with E-state index in [0.29, 0.717) is 29.3 Å². The van der Waals surface area contributed by atoms with Gasteiger partial charge >= 0.3 is 0 Å². The Balaban J connectivity index is 1.75. The number of ether oxygens (including phenoxy) is 2. The second-order valence-electron chi connectivity index (χ2n) is 7.14. The van der Waals surface area contributed by atoms with Gasteiger partial charge in [-0.15, -0.1) is 0 Å². The molecule has 1 aliphatic rings. The molecule has 3 aromatic rings. The summed E-state index contributed by atoms with van der Waals surface area (Å²) in [5.41, 5.74) is 3.25. The third kappa shape index (κ3) is 3.97. The second-order valence-corrected chi connectivity index (χ2v) is 7.14. The lowest BCUT2D eigenvalue weighted by atomic mass is 10.1. The number of nitrogens with zero attached hydrogens (tertiary/aromatic N) is 3. The fourth-order valence-corrected chi connectivity index (χ4v) is 3.72. The summed E-state index contributed by atoms with van der Waals surface area (Å²) in [6, 6.07) is 15.7. The topological polar surface area (TPSA) is 56.6 Å². The zero-order chi connectivity index (χ0) is 20.2. The van der Waals surface area contributed by atoms with E-state index in [-0.39, 0.29) is 5.91 Å². The average Bonchev–Trinajstić information content (AvgIpc) is 3.44. The fraction of sp³-hybridized carbons (Fsp3) is 0.304. The molecule has 1 saturated heterocycles. The number of carbonyl (C=O) groups excluding carboxylic acids is 1. The van der Waals surface area contributed by atoms with Gasteiger partial charge in [-0.3, -0.25) is 9.48 Å². The molecule has 150 valence electrons. The minimum absolute atomic E-state index is 0.0339. The molecule has 0 radical (unpaired) electrons. The maximum atomic E-state index is 13.2. The molecule has 6 heteroatoms. The van der Waals surface area contributed by atoms with E-state index in [1.54, 1.807) is 14.2 Å². The first kappa shape index (κ1) is 19.1. The quantitative estimate of drug-likeness (QED) is 0.640. The Morgan fingerprint density at radius 1 is 1.00 bits per heavy atom. The molecule has 0 saturated carbocycles. The molecule has 1 aromatic heterocycles. The molecule has 2 heterocycles. The zero-order valence-corrected chi connectivity index (χ0v) is 16.8. The molecule has 29 heavy (non-hydrogen) atoms. The van der Waals surface area contributed by atoms with E-state index < -0.39 is 0 Å². The van der Waals surface area contributed by atoms with Gasteiger partial charge in [0.15, 0.2) is 11.5 Å². The molecule has 2 aromatic carbocycles. The van der Waals surface area contributed by atoms with Crippen LogP contribution in [0.5, 0.6) is 11.5 Å². The minimum atomic E-state index is 0.0339. The number of hydrogen-bond acceptors (Lipinski definition) is 4. The number of carbonyl (C=O) groups is 1. The molecular formula is C23H25N3O3. The minimum Gasteiger partial charge on any atom is -0.493 e. The third-order valence-corrected chi connectivity index (χ3v) is 5.23. The summed E-state index contributed by atoms with van der Waals surface area (Å²) in [6.45, 7) is 2.20. The van der Waals surface area contributed by atoms with Crippen LogP contribution < -0.4 is 9.47 Å². The van der Waals surface area contributed by atoms with E-state index in [1.807, 2.05) is 52.2 Å². The average molecular weight is 391 g/mol. The fourth-order valence-electron chi connectivity index (χ4n) is 3.72. The highest BCUT2D eigenvalue weighted by molar-refractivity contribution is 6.00. The van der Waals surface area contributed by atoms with Crippen molar-refractivity contribution in [3.63, 3.8) is 0 Å². The maximum absolute atomic E-state index is 13.2. The van der Waals surface area contributed by atoms with Gasteiger partial charge in [0.2, 0.25) is 0 Å². The maximum Gasteiger partial charge on any atom is 0.257 e. The van der Waals surface area contributed by atoms with Gasteiger partial charge in [0.1, 0.15) is 5.69 Å². The van der Waals surface area contributed by atoms with Crippen molar-refractivity contribution in [1.82, 2.24) is 14.7 Å². The Kier molecular flexibility index (Phi) is 5.51. The number of aromatic nitrogens is 2. The van der Waals surface area contributed by atoms with Gasteiger partial charge in [-0.25, -0.2) is 0 Å². The highest BCUT2D eigenvalue weighted by atomic mass is 16.5. The molecule has 0 N–H and O–H groups in total. The molecule has 4 rings (SSSR count). The van der Waals surface area contributed by atoms with Crippen molar-refractivity contribution < 1.29 is 14.3 Å². The molecular weight excluding hydrogens is 366 g/mol. The van der Waals surface area contributed by atoms with Crippen molar-refractivity contribution in [3.8, 4) is 22.8 Å². The van der Waals surface area contributed by atoms with Gasteiger partial charge < -0.3 is 14.4 Å². The van der Waals surface area contributed by atoms with Crippen molar-refractivity contribution in [2.45, 2.75) is 19.4 Å². The molecule has 0 atom stereocenters. The first-order valence-electron chi connectivity index (χ1n) is 9.82. The Bertz CT molecular complexity index is 992. The van der Waals surface area contributed by atoms with Gasteiger partial charge in [-0.05, 0) is 36.6 Å². The number of likely N-dealkylation sites (tertiary alicyclic amines) is 1. The first-order chi connectivity index (χ1) is 14.2. The lowest BCUT2D eigenvalue weighted by Crippen LogP contribution is -2.27. The van der Waals surface area contributed by atoms with Crippen LogP contribution in [0.1, 0.15) is 28.8 Å². The van der Waals surface area contributed by atoms with Crippen molar-refractivity contribution in [3.05, 3.63) is 65.9 Å². The normalized spacial score (nSPS) is 13.5. The monoisotopic (exact) mass is 391 g/mol. The zero-order valence-electron chi connectivity index (χ0n) is 16.8. The van der Waals surface area contributed by atoms with Gasteiger partial charge in [-0.1, -0.05) is 30.3 Å². The summed E-state index contributed by atoms with van der Waals surface area (Å²) < 4.78 is 12.6. The lowest BCUT2D eigenvalue weighted by Gasteiger charge is -2.15. The second kappa shape index (κ2) is 8.39. The summed E-state index contributed by atoms with van der Waals surface area (Å²) in [6.07, 6.45) is 3.96. The van der Waals surface area contributed by atoms with Crippen LogP contribution in [0.2, 0.25) is 0 Å². The van der Waals surface area contributed by atoms with E-state index >= 15 is 0 Å². The van der Waals surface area contributed by atoms with E-state index in [9.17, 15) is 4.79 Å². The summed E-state index contributed by atoms with van der Waals surface area (Å²) in [5.74, 6) is 1.29. The molecule has 0 spiro atoms. The standard InChI is InChI=1S/C23H25N3O3/c1-28-20-11-10-18(14-21(20)29-2)22-19(23(27)25-12-6-7-13-25)16-26(24-22)15-17-8-4-3-5-9-17/h3-5,8-11,14,16H,6-7,12-13,15H2,1-2H3. The van der Waals surface area contributed by atoms with Crippen molar-refractivity contribution >= 4 is 5.91 Å². The SMILES string of the molecule is COc1ccc(-c2nn(Cc3ccccc3)cc2C(=O)N2CCCC2)cc1OC. The van der Waals surface area contributed by atoms with Crippen LogP contribution >= 0.6 is 0 Å². The third-order valence-electron chi connectivity index (χ3n) is 5.23. The largest absolute Gasteiger partial charge is 0.493 e. The van der Waals surface area contributed by atoms with Crippen molar-refractivity contribution in [2.75, 3.05) is 27.3 Å². The molecule has 0 aliphatic carbocycles. The Morgan fingerprint density at radius 2 is 1.72 bits per heavy atom. The van der Waals surface area contributed by atoms with Crippen LogP contribution in [0.15, 0.2) is 54.7 Å². The smallest absolute Gasteiger partial charge is 0.257 e. The van der Waals surface area contributed by atoms with E-state index in [2.05, 4.69) is 12.1 Å². The highest BCUT2D eigenvalue weighted by Crippen LogP contribution is 2.33. The van der Waals surface area contributed by atoms with Crippen molar-refractivity contribution in [1.29, 1.82) is 0 Å². The Labute approximate surface area is 170 Å². The van der Waals surface area contributed by atoms with Crippen molar-refractivity contribution in [2.24, 2.45) is 0 Å². The summed E-state index contributed by atoms with van der Waals surface area (Å²) >= 11 is 0. The van der Waals surface area contributed by atoms with Crippen LogP contribution in [-0.2, 0) is 6.54 Å². The number of amides is 1. The van der Waals surface area contributed by atoms with E-state index in [0.717, 1.165) is 37.1 Å². The van der Waals surface area contributed by atoms with Gasteiger partial charge in [0.25, 0.3) is 5.91 Å². The van der Waals surface area contributed by atoms with E-state index in [4.69, 9.17) is 14.6 Å². The first-order valence-corrected chi connectivity index (χ1v) is 9.82. The molecule has 1 amide bonds. The van der Waals surface area contributed by atoms with Gasteiger partial charge in [-0.2, -0.15) is 5.10 Å². The highest BCUT2D eigenvalue weighted by Gasteiger charge is 2.25. The molecule has 1 fully saturated rings. The molecule has 1 aliphatic heterocycles. The Hall–Kier alpha value is -3.28. The number of rotatable bonds is 6. The predicted molar refractivity (Wildman–Crippen MR) is 111 cm³/mol. The molecule has 0 bridgehead atoms.